The van der Waals surface area contributed by atoms with Gasteiger partial charge in [0.1, 0.15) is 11.2 Å². The molecule has 0 N–H and O–H groups in total. The molecule has 0 atom stereocenters. The molecule has 1 heterocycles. The Kier molecular flexibility index (Phi) is 7.85. The first-order valence-electron chi connectivity index (χ1n) is 18.4. The van der Waals surface area contributed by atoms with Crippen LogP contribution < -0.4 is 4.90 Å². The van der Waals surface area contributed by atoms with Crippen molar-refractivity contribution in [2.45, 2.75) is 0 Å². The first-order chi connectivity index (χ1) is 26.8. The van der Waals surface area contributed by atoms with Gasteiger partial charge in [-0.25, -0.2) is 0 Å². The summed E-state index contributed by atoms with van der Waals surface area (Å²) in [5, 5.41) is 4.75. The molecule has 0 saturated carbocycles. The van der Waals surface area contributed by atoms with Gasteiger partial charge in [0.2, 0.25) is 0 Å². The summed E-state index contributed by atoms with van der Waals surface area (Å²) >= 11 is 0. The third-order valence-corrected chi connectivity index (χ3v) is 10.5. The molecule has 0 fully saturated rings. The molecule has 0 aliphatic rings. The quantitative estimate of drug-likeness (QED) is 0.166. The lowest BCUT2D eigenvalue weighted by Crippen LogP contribution is -2.11. The van der Waals surface area contributed by atoms with Crippen LogP contribution in [0.1, 0.15) is 0 Å². The largest absolute Gasteiger partial charge is 0.456 e. The van der Waals surface area contributed by atoms with Crippen LogP contribution in [0.3, 0.4) is 0 Å². The zero-order valence-corrected chi connectivity index (χ0v) is 29.6. The topological polar surface area (TPSA) is 16.4 Å². The van der Waals surface area contributed by atoms with Crippen molar-refractivity contribution in [2.75, 3.05) is 4.90 Å². The number of anilines is 3. The average molecular weight is 690 g/mol. The van der Waals surface area contributed by atoms with E-state index in [1.165, 1.54) is 33.0 Å². The predicted molar refractivity (Wildman–Crippen MR) is 228 cm³/mol. The van der Waals surface area contributed by atoms with Crippen molar-refractivity contribution >= 4 is 49.8 Å². The fourth-order valence-electron chi connectivity index (χ4n) is 7.81. The highest BCUT2D eigenvalue weighted by atomic mass is 16.3. The standard InChI is InChI=1S/C52H35NO/c1-2-12-36(13-3-1)37-24-26-40(27-25-37)47-19-6-8-22-50(47)53(44-17-10-16-42(34-44)46-21-11-15-39-14-4-5-18-45(39)46)43-31-28-38(29-32-43)41-30-33-52-49(35-41)48-20-7-9-23-51(48)54-52/h1-35H. The number of nitrogens with zero attached hydrogens (tertiary/aromatic N) is 1. The molecule has 2 nitrogen and oxygen atoms in total. The third kappa shape index (κ3) is 5.71. The van der Waals surface area contributed by atoms with E-state index in [2.05, 4.69) is 205 Å². The normalized spacial score (nSPS) is 11.3. The van der Waals surface area contributed by atoms with Crippen LogP contribution in [0.25, 0.3) is 77.2 Å². The minimum atomic E-state index is 0.905. The van der Waals surface area contributed by atoms with Gasteiger partial charge in [0, 0.05) is 27.7 Å². The van der Waals surface area contributed by atoms with Gasteiger partial charge in [-0.05, 0) is 98.2 Å². The Hall–Kier alpha value is -7.16. The van der Waals surface area contributed by atoms with Crippen molar-refractivity contribution in [3.63, 3.8) is 0 Å². The molecule has 0 amide bonds. The number of fused-ring (bicyclic) bond motifs is 4. The molecular formula is C52H35NO. The molecule has 0 radical (unpaired) electrons. The monoisotopic (exact) mass is 689 g/mol. The Labute approximate surface area is 314 Å². The van der Waals surface area contributed by atoms with Crippen LogP contribution in [0.4, 0.5) is 17.1 Å². The molecule has 0 unspecified atom stereocenters. The number of furan rings is 1. The maximum absolute atomic E-state index is 6.13. The maximum atomic E-state index is 6.13. The summed E-state index contributed by atoms with van der Waals surface area (Å²) in [7, 11) is 0. The smallest absolute Gasteiger partial charge is 0.135 e. The van der Waals surface area contributed by atoms with E-state index in [1.807, 2.05) is 12.1 Å². The van der Waals surface area contributed by atoms with Crippen LogP contribution in [0.5, 0.6) is 0 Å². The highest BCUT2D eigenvalue weighted by Gasteiger charge is 2.19. The first-order valence-corrected chi connectivity index (χ1v) is 18.4. The van der Waals surface area contributed by atoms with Gasteiger partial charge in [-0.15, -0.1) is 0 Å². The van der Waals surface area contributed by atoms with E-state index in [4.69, 9.17) is 4.42 Å². The number of hydrogen-bond acceptors (Lipinski definition) is 2. The number of benzene rings is 9. The fourth-order valence-corrected chi connectivity index (χ4v) is 7.81. The summed E-state index contributed by atoms with van der Waals surface area (Å²) in [4.78, 5) is 2.39. The van der Waals surface area contributed by atoms with E-state index in [1.54, 1.807) is 0 Å². The molecular weight excluding hydrogens is 655 g/mol. The van der Waals surface area contributed by atoms with Crippen LogP contribution in [-0.4, -0.2) is 0 Å². The summed E-state index contributed by atoms with van der Waals surface area (Å²) in [5.74, 6) is 0. The van der Waals surface area contributed by atoms with E-state index in [0.717, 1.165) is 61.3 Å². The molecule has 10 rings (SSSR count). The molecule has 0 spiro atoms. The molecule has 10 aromatic rings. The summed E-state index contributed by atoms with van der Waals surface area (Å²) in [5.41, 5.74) is 14.5. The van der Waals surface area contributed by atoms with Gasteiger partial charge in [0.15, 0.2) is 0 Å². The van der Waals surface area contributed by atoms with Crippen LogP contribution >= 0.6 is 0 Å². The van der Waals surface area contributed by atoms with E-state index in [9.17, 15) is 0 Å². The third-order valence-electron chi connectivity index (χ3n) is 10.5. The number of rotatable bonds is 7. The lowest BCUT2D eigenvalue weighted by Gasteiger charge is -2.28. The van der Waals surface area contributed by atoms with Gasteiger partial charge in [-0.2, -0.15) is 0 Å². The van der Waals surface area contributed by atoms with Gasteiger partial charge in [0.25, 0.3) is 0 Å². The van der Waals surface area contributed by atoms with Gasteiger partial charge in [-0.1, -0.05) is 164 Å². The van der Waals surface area contributed by atoms with Crippen molar-refractivity contribution in [3.8, 4) is 44.5 Å². The highest BCUT2D eigenvalue weighted by Crippen LogP contribution is 2.43. The Morgan fingerprint density at radius 1 is 0.296 bits per heavy atom. The lowest BCUT2D eigenvalue weighted by molar-refractivity contribution is 0.669. The van der Waals surface area contributed by atoms with E-state index >= 15 is 0 Å². The summed E-state index contributed by atoms with van der Waals surface area (Å²) in [6, 6.07) is 76.0. The van der Waals surface area contributed by atoms with E-state index < -0.39 is 0 Å². The van der Waals surface area contributed by atoms with Crippen molar-refractivity contribution in [3.05, 3.63) is 212 Å². The Bertz CT molecular complexity index is 2920. The summed E-state index contributed by atoms with van der Waals surface area (Å²) < 4.78 is 6.13. The number of hydrogen-bond donors (Lipinski definition) is 0. The second-order valence-electron chi connectivity index (χ2n) is 13.7. The van der Waals surface area contributed by atoms with Gasteiger partial charge in [0.05, 0.1) is 5.69 Å². The minimum absolute atomic E-state index is 0.905. The molecule has 0 bridgehead atoms. The van der Waals surface area contributed by atoms with E-state index in [0.29, 0.717) is 0 Å². The first kappa shape index (κ1) is 31.6. The maximum Gasteiger partial charge on any atom is 0.135 e. The summed E-state index contributed by atoms with van der Waals surface area (Å²) in [6.45, 7) is 0. The molecule has 1 aromatic heterocycles. The van der Waals surface area contributed by atoms with Crippen molar-refractivity contribution < 1.29 is 4.42 Å². The van der Waals surface area contributed by atoms with Gasteiger partial charge in [-0.3, -0.25) is 0 Å². The number of para-hydroxylation sites is 2. The molecule has 0 aliphatic heterocycles. The predicted octanol–water partition coefficient (Wildman–Crippen LogP) is 14.9. The van der Waals surface area contributed by atoms with Crippen molar-refractivity contribution in [2.24, 2.45) is 0 Å². The minimum Gasteiger partial charge on any atom is -0.456 e. The Balaban J connectivity index is 1.10. The van der Waals surface area contributed by atoms with Gasteiger partial charge < -0.3 is 9.32 Å². The van der Waals surface area contributed by atoms with Crippen LogP contribution in [0.15, 0.2) is 217 Å². The molecule has 254 valence electrons. The zero-order chi connectivity index (χ0) is 35.8. The van der Waals surface area contributed by atoms with Crippen LogP contribution in [-0.2, 0) is 0 Å². The second kappa shape index (κ2) is 13.4. The van der Waals surface area contributed by atoms with Crippen LogP contribution in [0.2, 0.25) is 0 Å². The van der Waals surface area contributed by atoms with Gasteiger partial charge >= 0.3 is 0 Å². The van der Waals surface area contributed by atoms with E-state index in [-0.39, 0.29) is 0 Å². The molecule has 0 aliphatic carbocycles. The Morgan fingerprint density at radius 3 is 1.74 bits per heavy atom. The molecule has 9 aromatic carbocycles. The second-order valence-corrected chi connectivity index (χ2v) is 13.7. The van der Waals surface area contributed by atoms with Crippen molar-refractivity contribution in [1.29, 1.82) is 0 Å². The summed E-state index contributed by atoms with van der Waals surface area (Å²) in [6.07, 6.45) is 0. The molecule has 2 heteroatoms. The average Bonchev–Trinajstić information content (AvgIpc) is 3.63. The fraction of sp³-hybridized carbons (Fsp3) is 0. The van der Waals surface area contributed by atoms with Crippen LogP contribution in [0, 0.1) is 0 Å². The highest BCUT2D eigenvalue weighted by molar-refractivity contribution is 6.06. The lowest BCUT2D eigenvalue weighted by atomic mass is 9.96. The molecule has 54 heavy (non-hydrogen) atoms. The van der Waals surface area contributed by atoms with Crippen molar-refractivity contribution in [1.82, 2.24) is 0 Å². The SMILES string of the molecule is c1ccc(-c2ccc(-c3ccccc3N(c3ccc(-c4ccc5oc6ccccc6c5c4)cc3)c3cccc(-c4cccc5ccccc45)c3)cc2)cc1. The zero-order valence-electron chi connectivity index (χ0n) is 29.6. The Morgan fingerprint density at radius 2 is 0.870 bits per heavy atom. The molecule has 0 saturated heterocycles.